The van der Waals surface area contributed by atoms with Crippen LogP contribution in [0.3, 0.4) is 0 Å². The lowest BCUT2D eigenvalue weighted by Gasteiger charge is -2.22. The average Bonchev–Trinajstić information content (AvgIpc) is 2.87. The third-order valence-electron chi connectivity index (χ3n) is 4.35. The van der Waals surface area contributed by atoms with Crippen LogP contribution >= 0.6 is 0 Å². The van der Waals surface area contributed by atoms with Gasteiger partial charge in [-0.05, 0) is 32.0 Å². The number of imide groups is 1. The van der Waals surface area contributed by atoms with E-state index in [-0.39, 0.29) is 22.5 Å². The van der Waals surface area contributed by atoms with Gasteiger partial charge in [-0.2, -0.15) is 0 Å². The number of hydrogen-bond donors (Lipinski definition) is 1. The second-order valence-corrected chi connectivity index (χ2v) is 5.90. The summed E-state index contributed by atoms with van der Waals surface area (Å²) in [7, 11) is 0. The molecule has 0 spiro atoms. The Morgan fingerprint density at radius 1 is 1.08 bits per heavy atom. The van der Waals surface area contributed by atoms with Crippen molar-refractivity contribution in [1.29, 1.82) is 0 Å². The van der Waals surface area contributed by atoms with Crippen LogP contribution in [-0.4, -0.2) is 33.6 Å². The molecule has 3 rings (SSSR count). The zero-order valence-electron chi connectivity index (χ0n) is 14.1. The number of carbonyl (C=O) groups is 3. The van der Waals surface area contributed by atoms with Crippen LogP contribution in [0, 0.1) is 17.0 Å². The first-order chi connectivity index (χ1) is 12.3. The number of nitro groups is 1. The summed E-state index contributed by atoms with van der Waals surface area (Å²) in [6.07, 6.45) is 0. The first kappa shape index (κ1) is 17.3. The smallest absolute Gasteiger partial charge is 0.274 e. The van der Waals surface area contributed by atoms with E-state index in [0.29, 0.717) is 5.56 Å². The summed E-state index contributed by atoms with van der Waals surface area (Å²) in [5, 5.41) is 13.6. The molecule has 0 fully saturated rings. The van der Waals surface area contributed by atoms with Crippen molar-refractivity contribution in [3.05, 3.63) is 69.3 Å². The molecule has 3 amide bonds. The Morgan fingerprint density at radius 2 is 1.65 bits per heavy atom. The zero-order chi connectivity index (χ0) is 19.0. The number of fused-ring (bicyclic) bond motifs is 1. The molecule has 26 heavy (non-hydrogen) atoms. The quantitative estimate of drug-likeness (QED) is 0.516. The van der Waals surface area contributed by atoms with Crippen LogP contribution < -0.4 is 5.32 Å². The summed E-state index contributed by atoms with van der Waals surface area (Å²) in [6.45, 7) is 2.95. The van der Waals surface area contributed by atoms with Crippen LogP contribution in [0.1, 0.15) is 33.2 Å². The monoisotopic (exact) mass is 353 g/mol. The molecular weight excluding hydrogens is 338 g/mol. The minimum atomic E-state index is -1.07. The fraction of sp³-hybridized carbons (Fsp3) is 0.167. The van der Waals surface area contributed by atoms with Crippen molar-refractivity contribution in [2.24, 2.45) is 0 Å². The van der Waals surface area contributed by atoms with E-state index in [1.165, 1.54) is 44.2 Å². The van der Waals surface area contributed by atoms with Gasteiger partial charge in [-0.15, -0.1) is 0 Å². The van der Waals surface area contributed by atoms with Crippen LogP contribution in [0.2, 0.25) is 0 Å². The highest BCUT2D eigenvalue weighted by Gasteiger charge is 2.40. The van der Waals surface area contributed by atoms with Crippen LogP contribution in [0.5, 0.6) is 0 Å². The lowest BCUT2D eigenvalue weighted by Crippen LogP contribution is -2.45. The number of nitrogens with one attached hydrogen (secondary N) is 1. The van der Waals surface area contributed by atoms with E-state index in [0.717, 1.165) is 4.90 Å². The van der Waals surface area contributed by atoms with Crippen LogP contribution in [-0.2, 0) is 4.79 Å². The molecule has 1 N–H and O–H groups in total. The van der Waals surface area contributed by atoms with Gasteiger partial charge in [0.15, 0.2) is 0 Å². The predicted molar refractivity (Wildman–Crippen MR) is 92.9 cm³/mol. The number of rotatable bonds is 4. The second kappa shape index (κ2) is 6.40. The molecule has 1 atom stereocenters. The summed E-state index contributed by atoms with van der Waals surface area (Å²) in [4.78, 5) is 48.8. The van der Waals surface area contributed by atoms with Gasteiger partial charge in [0.2, 0.25) is 5.91 Å². The number of anilines is 1. The fourth-order valence-corrected chi connectivity index (χ4v) is 2.87. The van der Waals surface area contributed by atoms with Crippen molar-refractivity contribution in [3.63, 3.8) is 0 Å². The molecule has 0 saturated heterocycles. The van der Waals surface area contributed by atoms with Crippen molar-refractivity contribution in [3.8, 4) is 0 Å². The minimum Gasteiger partial charge on any atom is -0.324 e. The zero-order valence-corrected chi connectivity index (χ0v) is 14.1. The maximum atomic E-state index is 12.5. The third-order valence-corrected chi connectivity index (χ3v) is 4.35. The van der Waals surface area contributed by atoms with Crippen LogP contribution in [0.4, 0.5) is 11.4 Å². The van der Waals surface area contributed by atoms with E-state index in [1.54, 1.807) is 12.1 Å². The summed E-state index contributed by atoms with van der Waals surface area (Å²) in [5.74, 6) is -1.68. The molecule has 1 aliphatic heterocycles. The van der Waals surface area contributed by atoms with E-state index in [2.05, 4.69) is 5.32 Å². The van der Waals surface area contributed by atoms with Crippen molar-refractivity contribution in [2.75, 3.05) is 5.32 Å². The van der Waals surface area contributed by atoms with Gasteiger partial charge in [-0.3, -0.25) is 29.4 Å². The SMILES string of the molecule is Cc1c(NC(=O)C(C)N2C(=O)c3ccccc3C2=O)cccc1[N+](=O)[O-]. The fourth-order valence-electron chi connectivity index (χ4n) is 2.87. The number of hydrogen-bond acceptors (Lipinski definition) is 5. The van der Waals surface area contributed by atoms with Gasteiger partial charge in [0.1, 0.15) is 6.04 Å². The van der Waals surface area contributed by atoms with Crippen molar-refractivity contribution < 1.29 is 19.3 Å². The number of benzene rings is 2. The van der Waals surface area contributed by atoms with Crippen LogP contribution in [0.15, 0.2) is 42.5 Å². The summed E-state index contributed by atoms with van der Waals surface area (Å²) >= 11 is 0. The Kier molecular flexibility index (Phi) is 4.25. The maximum Gasteiger partial charge on any atom is 0.274 e. The number of carbonyl (C=O) groups excluding carboxylic acids is 3. The van der Waals surface area contributed by atoms with Gasteiger partial charge in [0, 0.05) is 6.07 Å². The van der Waals surface area contributed by atoms with Crippen molar-refractivity contribution in [1.82, 2.24) is 4.90 Å². The van der Waals surface area contributed by atoms with E-state index < -0.39 is 28.7 Å². The molecule has 0 radical (unpaired) electrons. The number of amides is 3. The first-order valence-electron chi connectivity index (χ1n) is 7.84. The van der Waals surface area contributed by atoms with Gasteiger partial charge in [-0.25, -0.2) is 0 Å². The average molecular weight is 353 g/mol. The Bertz CT molecular complexity index is 919. The van der Waals surface area contributed by atoms with Crippen molar-refractivity contribution in [2.45, 2.75) is 19.9 Å². The molecule has 2 aromatic carbocycles. The standard InChI is InChI=1S/C18H15N3O5/c1-10-14(8-5-9-15(10)21(25)26)19-16(22)11(2)20-17(23)12-6-3-4-7-13(12)18(20)24/h3-9,11H,1-2H3,(H,19,22). The molecule has 0 bridgehead atoms. The van der Waals surface area contributed by atoms with Crippen molar-refractivity contribution >= 4 is 29.1 Å². The lowest BCUT2D eigenvalue weighted by atomic mass is 10.1. The molecule has 1 heterocycles. The van der Waals surface area contributed by atoms with E-state index >= 15 is 0 Å². The molecular formula is C18H15N3O5. The van der Waals surface area contributed by atoms with Gasteiger partial charge < -0.3 is 5.32 Å². The van der Waals surface area contributed by atoms with E-state index in [9.17, 15) is 24.5 Å². The molecule has 0 saturated carbocycles. The normalized spacial score (nSPS) is 14.2. The van der Waals surface area contributed by atoms with Crippen LogP contribution in [0.25, 0.3) is 0 Å². The van der Waals surface area contributed by atoms with Gasteiger partial charge in [0.05, 0.1) is 27.3 Å². The van der Waals surface area contributed by atoms with E-state index in [1.807, 2.05) is 0 Å². The summed E-state index contributed by atoms with van der Waals surface area (Å²) < 4.78 is 0. The molecule has 1 unspecified atom stereocenters. The Hall–Kier alpha value is -3.55. The topological polar surface area (TPSA) is 110 Å². The minimum absolute atomic E-state index is 0.129. The van der Waals surface area contributed by atoms with Gasteiger partial charge in [-0.1, -0.05) is 18.2 Å². The number of nitro benzene ring substituents is 1. The van der Waals surface area contributed by atoms with E-state index in [4.69, 9.17) is 0 Å². The molecule has 8 nitrogen and oxygen atoms in total. The Labute approximate surface area is 148 Å². The first-order valence-corrected chi connectivity index (χ1v) is 7.84. The highest BCUT2D eigenvalue weighted by molar-refractivity contribution is 6.23. The lowest BCUT2D eigenvalue weighted by molar-refractivity contribution is -0.385. The Morgan fingerprint density at radius 3 is 2.19 bits per heavy atom. The summed E-state index contributed by atoms with van der Waals surface area (Å²) in [5.41, 5.74) is 0.927. The third kappa shape index (κ3) is 2.71. The highest BCUT2D eigenvalue weighted by Crippen LogP contribution is 2.27. The van der Waals surface area contributed by atoms with Gasteiger partial charge in [0.25, 0.3) is 17.5 Å². The molecule has 0 aliphatic carbocycles. The highest BCUT2D eigenvalue weighted by atomic mass is 16.6. The summed E-state index contributed by atoms with van der Waals surface area (Å²) in [6, 6.07) is 9.59. The molecule has 0 aromatic heterocycles. The maximum absolute atomic E-state index is 12.5. The largest absolute Gasteiger partial charge is 0.324 e. The molecule has 132 valence electrons. The predicted octanol–water partition coefficient (Wildman–Crippen LogP) is 2.53. The molecule has 2 aromatic rings. The number of nitrogens with zero attached hydrogens (tertiary/aromatic N) is 2. The van der Waals surface area contributed by atoms with Gasteiger partial charge >= 0.3 is 0 Å². The Balaban J connectivity index is 1.84. The molecule has 1 aliphatic rings. The molecule has 8 heteroatoms. The second-order valence-electron chi connectivity index (χ2n) is 5.90.